The number of carbonyl (C=O) groups excluding carboxylic acids is 1. The van der Waals surface area contributed by atoms with Crippen molar-refractivity contribution in [3.05, 3.63) is 60.2 Å². The van der Waals surface area contributed by atoms with Gasteiger partial charge in [0.1, 0.15) is 6.29 Å². The topological polar surface area (TPSA) is 59.0 Å². The van der Waals surface area contributed by atoms with Crippen molar-refractivity contribution in [3.8, 4) is 11.1 Å². The van der Waals surface area contributed by atoms with E-state index in [1.807, 2.05) is 6.07 Å². The predicted octanol–water partition coefficient (Wildman–Crippen LogP) is 3.30. The van der Waals surface area contributed by atoms with E-state index in [-0.39, 0.29) is 18.2 Å². The quantitative estimate of drug-likeness (QED) is 0.785. The van der Waals surface area contributed by atoms with Crippen LogP contribution < -0.4 is 0 Å². The summed E-state index contributed by atoms with van der Waals surface area (Å²) in [5.41, 5.74) is 3.62. The summed E-state index contributed by atoms with van der Waals surface area (Å²) in [7, 11) is 0. The third kappa shape index (κ3) is 6.21. The minimum Gasteiger partial charge on any atom is -0.391 e. The largest absolute Gasteiger partial charge is 0.391 e. The summed E-state index contributed by atoms with van der Waals surface area (Å²) in [6.45, 7) is 5.40. The predicted molar refractivity (Wildman–Crippen MR) is 114 cm³/mol. The maximum absolute atomic E-state index is 10.4. The zero-order valence-corrected chi connectivity index (χ0v) is 17.1. The van der Waals surface area contributed by atoms with E-state index >= 15 is 0 Å². The Kier molecular flexibility index (Phi) is 8.38. The van der Waals surface area contributed by atoms with E-state index in [9.17, 15) is 5.11 Å². The van der Waals surface area contributed by atoms with Crippen LogP contribution in [0.25, 0.3) is 11.1 Å². The van der Waals surface area contributed by atoms with Gasteiger partial charge in [0.25, 0.3) is 0 Å². The van der Waals surface area contributed by atoms with E-state index in [4.69, 9.17) is 14.3 Å². The van der Waals surface area contributed by atoms with Crippen molar-refractivity contribution in [1.82, 2.24) is 4.90 Å². The van der Waals surface area contributed by atoms with Crippen molar-refractivity contribution in [1.29, 1.82) is 0 Å². The Morgan fingerprint density at radius 2 is 1.66 bits per heavy atom. The van der Waals surface area contributed by atoms with E-state index < -0.39 is 0 Å². The third-order valence-electron chi connectivity index (χ3n) is 5.51. The van der Waals surface area contributed by atoms with Gasteiger partial charge in [0.05, 0.1) is 32.0 Å². The lowest BCUT2D eigenvalue weighted by Crippen LogP contribution is -2.46. The molecule has 156 valence electrons. The first-order chi connectivity index (χ1) is 14.2. The summed E-state index contributed by atoms with van der Waals surface area (Å²) < 4.78 is 11.5. The Bertz CT molecular complexity index is 728. The molecule has 0 spiro atoms. The van der Waals surface area contributed by atoms with Crippen molar-refractivity contribution in [2.75, 3.05) is 26.3 Å². The fourth-order valence-corrected chi connectivity index (χ4v) is 4.02. The molecular weight excluding hydrogens is 366 g/mol. The second-order valence-corrected chi connectivity index (χ2v) is 7.49. The van der Waals surface area contributed by atoms with Crippen molar-refractivity contribution < 1.29 is 19.4 Å². The van der Waals surface area contributed by atoms with Crippen LogP contribution in [0.2, 0.25) is 0 Å². The molecular formula is C24H31NO4. The average Bonchev–Trinajstić information content (AvgIpc) is 3.15. The summed E-state index contributed by atoms with van der Waals surface area (Å²) in [5, 5.41) is 10.4. The standard InChI is InChI=1S/C22H27NO3.C2H4O/c24-22-15-20(14-21(22)23-10-12-25-13-11-23)26-16-17-6-8-19(9-7-17)18-4-2-1-3-5-18;1-2-3/h1-9,20-22,24H,10-16H2;2H,1H3/t20-,21-,22-;/m0./s1. The van der Waals surface area contributed by atoms with E-state index in [0.717, 1.165) is 45.4 Å². The van der Waals surface area contributed by atoms with Gasteiger partial charge in [0.15, 0.2) is 0 Å². The van der Waals surface area contributed by atoms with Gasteiger partial charge < -0.3 is 19.4 Å². The summed E-state index contributed by atoms with van der Waals surface area (Å²) in [5.74, 6) is 0. The van der Waals surface area contributed by atoms with Gasteiger partial charge in [0, 0.05) is 25.6 Å². The van der Waals surface area contributed by atoms with E-state index in [0.29, 0.717) is 6.61 Å². The molecule has 2 fully saturated rings. The Morgan fingerprint density at radius 3 is 2.31 bits per heavy atom. The number of ether oxygens (including phenoxy) is 2. The molecule has 0 aromatic heterocycles. The van der Waals surface area contributed by atoms with Crippen LogP contribution in [0.15, 0.2) is 54.6 Å². The van der Waals surface area contributed by atoms with Crippen molar-refractivity contribution in [2.24, 2.45) is 0 Å². The van der Waals surface area contributed by atoms with Crippen LogP contribution in [-0.2, 0) is 20.9 Å². The number of carbonyl (C=O) groups is 1. The van der Waals surface area contributed by atoms with Crippen molar-refractivity contribution in [2.45, 2.75) is 44.6 Å². The highest BCUT2D eigenvalue weighted by Crippen LogP contribution is 2.28. The Morgan fingerprint density at radius 1 is 1.03 bits per heavy atom. The molecule has 0 unspecified atom stereocenters. The first kappa shape index (κ1) is 21.7. The summed E-state index contributed by atoms with van der Waals surface area (Å²) in [4.78, 5) is 11.2. The molecule has 5 nitrogen and oxygen atoms in total. The van der Waals surface area contributed by atoms with E-state index in [1.165, 1.54) is 23.6 Å². The second-order valence-electron chi connectivity index (χ2n) is 7.49. The normalized spacial score (nSPS) is 24.6. The number of hydrogen-bond donors (Lipinski definition) is 1. The molecule has 2 aliphatic rings. The molecule has 2 aromatic carbocycles. The van der Waals surface area contributed by atoms with Crippen LogP contribution in [0, 0.1) is 0 Å². The number of aliphatic hydroxyl groups is 1. The van der Waals surface area contributed by atoms with Gasteiger partial charge >= 0.3 is 0 Å². The number of aliphatic hydroxyl groups excluding tert-OH is 1. The molecule has 2 aromatic rings. The van der Waals surface area contributed by atoms with Gasteiger partial charge in [-0.3, -0.25) is 4.90 Å². The molecule has 0 radical (unpaired) electrons. The SMILES string of the molecule is CC=O.O[C@H]1C[C@@H](OCc2ccc(-c3ccccc3)cc2)C[C@@H]1N1CCOCC1. The molecule has 1 aliphatic heterocycles. The van der Waals surface area contributed by atoms with Gasteiger partial charge in [-0.1, -0.05) is 54.6 Å². The lowest BCUT2D eigenvalue weighted by molar-refractivity contribution is -0.106. The smallest absolute Gasteiger partial charge is 0.116 e. The number of hydrogen-bond acceptors (Lipinski definition) is 5. The molecule has 1 saturated carbocycles. The number of rotatable bonds is 5. The number of morpholine rings is 1. The molecule has 0 bridgehead atoms. The van der Waals surface area contributed by atoms with Crippen molar-refractivity contribution >= 4 is 6.29 Å². The van der Waals surface area contributed by atoms with Crippen LogP contribution in [-0.4, -0.2) is 60.8 Å². The lowest BCUT2D eigenvalue weighted by atomic mass is 10.0. The van der Waals surface area contributed by atoms with Crippen LogP contribution in [0.3, 0.4) is 0 Å². The fourth-order valence-electron chi connectivity index (χ4n) is 4.02. The van der Waals surface area contributed by atoms with Gasteiger partial charge in [0.2, 0.25) is 0 Å². The molecule has 5 heteroatoms. The van der Waals surface area contributed by atoms with Gasteiger partial charge in [-0.2, -0.15) is 0 Å². The molecule has 3 atom stereocenters. The maximum Gasteiger partial charge on any atom is 0.116 e. The van der Waals surface area contributed by atoms with Crippen molar-refractivity contribution in [3.63, 3.8) is 0 Å². The molecule has 4 rings (SSSR count). The Labute approximate surface area is 173 Å². The lowest BCUT2D eigenvalue weighted by Gasteiger charge is -2.33. The molecule has 1 saturated heterocycles. The summed E-state index contributed by atoms with van der Waals surface area (Å²) in [6.07, 6.45) is 2.22. The molecule has 1 heterocycles. The van der Waals surface area contributed by atoms with E-state index in [2.05, 4.69) is 53.4 Å². The number of nitrogens with zero attached hydrogens (tertiary/aromatic N) is 1. The Hall–Kier alpha value is -2.05. The van der Waals surface area contributed by atoms with Crippen LogP contribution in [0.1, 0.15) is 25.3 Å². The van der Waals surface area contributed by atoms with Gasteiger partial charge in [-0.25, -0.2) is 0 Å². The zero-order valence-electron chi connectivity index (χ0n) is 17.1. The van der Waals surface area contributed by atoms with Crippen LogP contribution >= 0.6 is 0 Å². The highest BCUT2D eigenvalue weighted by molar-refractivity contribution is 5.63. The highest BCUT2D eigenvalue weighted by Gasteiger charge is 2.37. The van der Waals surface area contributed by atoms with Gasteiger partial charge in [-0.05, 0) is 30.0 Å². The maximum atomic E-state index is 10.4. The molecule has 1 N–H and O–H groups in total. The third-order valence-corrected chi connectivity index (χ3v) is 5.51. The van der Waals surface area contributed by atoms with Gasteiger partial charge in [-0.15, -0.1) is 0 Å². The first-order valence-electron chi connectivity index (χ1n) is 10.4. The number of aldehydes is 1. The highest BCUT2D eigenvalue weighted by atomic mass is 16.5. The average molecular weight is 398 g/mol. The zero-order chi connectivity index (χ0) is 20.5. The molecule has 1 aliphatic carbocycles. The Balaban J connectivity index is 0.000000755. The first-order valence-corrected chi connectivity index (χ1v) is 10.4. The van der Waals surface area contributed by atoms with E-state index in [1.54, 1.807) is 0 Å². The number of benzene rings is 2. The minimum atomic E-state index is -0.293. The second kappa shape index (κ2) is 11.2. The van der Waals surface area contributed by atoms with Crippen LogP contribution in [0.4, 0.5) is 0 Å². The molecule has 29 heavy (non-hydrogen) atoms. The minimum absolute atomic E-state index is 0.131. The fraction of sp³-hybridized carbons (Fsp3) is 0.458. The monoisotopic (exact) mass is 397 g/mol. The molecule has 0 amide bonds. The summed E-state index contributed by atoms with van der Waals surface area (Å²) >= 11 is 0. The van der Waals surface area contributed by atoms with Crippen LogP contribution in [0.5, 0.6) is 0 Å². The summed E-state index contributed by atoms with van der Waals surface area (Å²) in [6, 6.07) is 19.2.